The molecule has 0 bridgehead atoms. The average Bonchev–Trinajstić information content (AvgIpc) is 2.79. The van der Waals surface area contributed by atoms with Gasteiger partial charge in [-0.2, -0.15) is 0 Å². The zero-order chi connectivity index (χ0) is 15.5. The first-order valence-corrected chi connectivity index (χ1v) is 9.33. The number of anilines is 2. The molecule has 1 saturated heterocycles. The molecule has 1 unspecified atom stereocenters. The molecule has 1 aliphatic rings. The Balaban J connectivity index is 2.10. The van der Waals surface area contributed by atoms with Gasteiger partial charge in [0.05, 0.1) is 11.5 Å². The molecule has 2 heterocycles. The van der Waals surface area contributed by atoms with Gasteiger partial charge in [0.2, 0.25) is 0 Å². The number of rotatable bonds is 6. The van der Waals surface area contributed by atoms with Gasteiger partial charge in [0.15, 0.2) is 9.84 Å². The summed E-state index contributed by atoms with van der Waals surface area (Å²) in [6.07, 6.45) is 1.51. The molecular weight excluding hydrogens is 288 g/mol. The van der Waals surface area contributed by atoms with Crippen LogP contribution in [0.2, 0.25) is 0 Å². The highest BCUT2D eigenvalue weighted by Gasteiger charge is 2.27. The van der Waals surface area contributed by atoms with Crippen LogP contribution in [0.1, 0.15) is 31.7 Å². The number of hydrogen-bond donors (Lipinski definition) is 2. The molecule has 0 radical (unpaired) electrons. The van der Waals surface area contributed by atoms with Crippen LogP contribution < -0.4 is 10.6 Å². The summed E-state index contributed by atoms with van der Waals surface area (Å²) in [5.41, 5.74) is 0.981. The summed E-state index contributed by atoms with van der Waals surface area (Å²) in [4.78, 5) is 9.01. The Kier molecular flexibility index (Phi) is 5.03. The van der Waals surface area contributed by atoms with Crippen LogP contribution in [0.15, 0.2) is 0 Å². The van der Waals surface area contributed by atoms with Crippen LogP contribution in [0.4, 0.5) is 11.6 Å². The highest BCUT2D eigenvalue weighted by Crippen LogP contribution is 2.23. The maximum atomic E-state index is 11.5. The third-order valence-corrected chi connectivity index (χ3v) is 5.57. The van der Waals surface area contributed by atoms with E-state index in [2.05, 4.69) is 20.6 Å². The average molecular weight is 312 g/mol. The largest absolute Gasteiger partial charge is 0.370 e. The van der Waals surface area contributed by atoms with Crippen molar-refractivity contribution in [1.82, 2.24) is 9.97 Å². The summed E-state index contributed by atoms with van der Waals surface area (Å²) in [5.74, 6) is 3.22. The summed E-state index contributed by atoms with van der Waals surface area (Å²) in [5, 5.41) is 6.56. The molecule has 7 heteroatoms. The molecule has 1 atom stereocenters. The zero-order valence-corrected chi connectivity index (χ0v) is 13.8. The second kappa shape index (κ2) is 6.60. The van der Waals surface area contributed by atoms with Gasteiger partial charge in [-0.15, -0.1) is 0 Å². The van der Waals surface area contributed by atoms with Gasteiger partial charge in [-0.05, 0) is 26.2 Å². The summed E-state index contributed by atoms with van der Waals surface area (Å²) in [7, 11) is -2.82. The van der Waals surface area contributed by atoms with E-state index in [0.717, 1.165) is 42.4 Å². The van der Waals surface area contributed by atoms with Crippen LogP contribution in [0.25, 0.3) is 0 Å². The third-order valence-electron chi connectivity index (χ3n) is 3.74. The first-order chi connectivity index (χ1) is 9.95. The molecule has 0 amide bonds. The van der Waals surface area contributed by atoms with Crippen molar-refractivity contribution in [3.63, 3.8) is 0 Å². The number of nitrogens with zero attached hydrogens (tertiary/aromatic N) is 2. The lowest BCUT2D eigenvalue weighted by Crippen LogP contribution is -2.18. The van der Waals surface area contributed by atoms with Gasteiger partial charge < -0.3 is 10.6 Å². The topological polar surface area (TPSA) is 84.0 Å². The minimum Gasteiger partial charge on any atom is -0.370 e. The summed E-state index contributed by atoms with van der Waals surface area (Å²) >= 11 is 0. The molecule has 1 aromatic heterocycles. The quantitative estimate of drug-likeness (QED) is 0.830. The Hall–Kier alpha value is -1.37. The predicted octanol–water partition coefficient (Wildman–Crippen LogP) is 1.63. The van der Waals surface area contributed by atoms with E-state index in [9.17, 15) is 8.42 Å². The molecule has 118 valence electrons. The van der Waals surface area contributed by atoms with Crippen LogP contribution in [0.3, 0.4) is 0 Å². The standard InChI is InChI=1S/C14H24N4O2S/c1-4-12-17-13(15-5-2)10(3)14(18-12)16-8-11-6-7-21(19,20)9-11/h11H,4-9H2,1-3H3,(H2,15,16,17,18). The lowest BCUT2D eigenvalue weighted by molar-refractivity contribution is 0.595. The highest BCUT2D eigenvalue weighted by atomic mass is 32.2. The van der Waals surface area contributed by atoms with Crippen molar-refractivity contribution in [3.8, 4) is 0 Å². The fourth-order valence-corrected chi connectivity index (χ4v) is 4.37. The SMILES string of the molecule is CCNc1nc(CC)nc(NCC2CCS(=O)(=O)C2)c1C. The van der Waals surface area contributed by atoms with E-state index in [1.165, 1.54) is 0 Å². The highest BCUT2D eigenvalue weighted by molar-refractivity contribution is 7.91. The lowest BCUT2D eigenvalue weighted by Gasteiger charge is -2.16. The van der Waals surface area contributed by atoms with Gasteiger partial charge in [-0.1, -0.05) is 6.92 Å². The van der Waals surface area contributed by atoms with Gasteiger partial charge >= 0.3 is 0 Å². The fourth-order valence-electron chi connectivity index (χ4n) is 2.51. The van der Waals surface area contributed by atoms with Gasteiger partial charge in [-0.25, -0.2) is 18.4 Å². The summed E-state index contributed by atoms with van der Waals surface area (Å²) in [6.45, 7) is 7.48. The number of sulfone groups is 1. The molecule has 6 nitrogen and oxygen atoms in total. The molecule has 21 heavy (non-hydrogen) atoms. The minimum absolute atomic E-state index is 0.178. The van der Waals surface area contributed by atoms with Crippen molar-refractivity contribution >= 4 is 21.5 Å². The van der Waals surface area contributed by atoms with E-state index in [1.54, 1.807) is 0 Å². The first kappa shape index (κ1) is 16.0. The molecule has 2 N–H and O–H groups in total. The maximum Gasteiger partial charge on any atom is 0.150 e. The van der Waals surface area contributed by atoms with E-state index in [1.807, 2.05) is 20.8 Å². The molecular formula is C14H24N4O2S. The van der Waals surface area contributed by atoms with E-state index < -0.39 is 9.84 Å². The number of aryl methyl sites for hydroxylation is 1. The summed E-state index contributed by atoms with van der Waals surface area (Å²) in [6, 6.07) is 0. The normalized spacial score (nSPS) is 20.4. The van der Waals surface area contributed by atoms with E-state index in [0.29, 0.717) is 12.3 Å². The Bertz CT molecular complexity index is 601. The predicted molar refractivity (Wildman–Crippen MR) is 85.6 cm³/mol. The molecule has 1 aliphatic heterocycles. The monoisotopic (exact) mass is 312 g/mol. The smallest absolute Gasteiger partial charge is 0.150 e. The molecule has 1 fully saturated rings. The molecule has 1 aromatic rings. The lowest BCUT2D eigenvalue weighted by atomic mass is 10.1. The molecule has 0 saturated carbocycles. The van der Waals surface area contributed by atoms with Crippen molar-refractivity contribution in [2.45, 2.75) is 33.6 Å². The van der Waals surface area contributed by atoms with Gasteiger partial charge in [-0.3, -0.25) is 0 Å². The maximum absolute atomic E-state index is 11.5. The van der Waals surface area contributed by atoms with Crippen molar-refractivity contribution in [2.75, 3.05) is 35.2 Å². The van der Waals surface area contributed by atoms with Crippen LogP contribution in [0.5, 0.6) is 0 Å². The van der Waals surface area contributed by atoms with Crippen LogP contribution in [-0.2, 0) is 16.3 Å². The molecule has 2 rings (SSSR count). The van der Waals surface area contributed by atoms with Crippen LogP contribution in [0, 0.1) is 12.8 Å². The van der Waals surface area contributed by atoms with Gasteiger partial charge in [0.25, 0.3) is 0 Å². The Labute approximate surface area is 126 Å². The van der Waals surface area contributed by atoms with Crippen molar-refractivity contribution < 1.29 is 8.42 Å². The second-order valence-electron chi connectivity index (χ2n) is 5.50. The molecule has 0 spiro atoms. The number of hydrogen-bond acceptors (Lipinski definition) is 6. The molecule has 0 aliphatic carbocycles. The van der Waals surface area contributed by atoms with E-state index in [4.69, 9.17) is 0 Å². The van der Waals surface area contributed by atoms with Crippen molar-refractivity contribution in [2.24, 2.45) is 5.92 Å². The first-order valence-electron chi connectivity index (χ1n) is 7.50. The Morgan fingerprint density at radius 1 is 1.19 bits per heavy atom. The minimum atomic E-state index is -2.82. The Morgan fingerprint density at radius 2 is 1.86 bits per heavy atom. The van der Waals surface area contributed by atoms with E-state index >= 15 is 0 Å². The van der Waals surface area contributed by atoms with Gasteiger partial charge in [0, 0.05) is 25.1 Å². The summed E-state index contributed by atoms with van der Waals surface area (Å²) < 4.78 is 23.0. The van der Waals surface area contributed by atoms with Gasteiger partial charge in [0.1, 0.15) is 17.5 Å². The molecule has 0 aromatic carbocycles. The van der Waals surface area contributed by atoms with Crippen molar-refractivity contribution in [1.29, 1.82) is 0 Å². The Morgan fingerprint density at radius 3 is 2.38 bits per heavy atom. The number of nitrogens with one attached hydrogen (secondary N) is 2. The fraction of sp³-hybridized carbons (Fsp3) is 0.714. The number of aromatic nitrogens is 2. The van der Waals surface area contributed by atoms with Crippen LogP contribution >= 0.6 is 0 Å². The third kappa shape index (κ3) is 4.06. The van der Waals surface area contributed by atoms with E-state index in [-0.39, 0.29) is 11.7 Å². The van der Waals surface area contributed by atoms with Crippen molar-refractivity contribution in [3.05, 3.63) is 11.4 Å². The zero-order valence-electron chi connectivity index (χ0n) is 12.9. The second-order valence-corrected chi connectivity index (χ2v) is 7.72. The van der Waals surface area contributed by atoms with Crippen LogP contribution in [-0.4, -0.2) is 43.0 Å².